The number of rotatable bonds is 3. The minimum atomic E-state index is -4.78. The van der Waals surface area contributed by atoms with Crippen molar-refractivity contribution in [3.63, 3.8) is 0 Å². The summed E-state index contributed by atoms with van der Waals surface area (Å²) in [6.45, 7) is 1.21. The highest BCUT2D eigenvalue weighted by atomic mass is 32.2. The lowest BCUT2D eigenvalue weighted by atomic mass is 9.96. The molecule has 0 bridgehead atoms. The van der Waals surface area contributed by atoms with E-state index in [1.54, 1.807) is 0 Å². The van der Waals surface area contributed by atoms with E-state index in [4.69, 9.17) is 5.11 Å². The van der Waals surface area contributed by atoms with Gasteiger partial charge in [0.2, 0.25) is 10.0 Å². The van der Waals surface area contributed by atoms with Crippen LogP contribution in [-0.4, -0.2) is 53.3 Å². The minimum Gasteiger partial charge on any atom is -0.481 e. The second-order valence-corrected chi connectivity index (χ2v) is 7.05. The van der Waals surface area contributed by atoms with Crippen molar-refractivity contribution in [2.45, 2.75) is 24.9 Å². The molecule has 2 N–H and O–H groups in total. The van der Waals surface area contributed by atoms with E-state index in [1.807, 2.05) is 0 Å². The molecule has 0 saturated carbocycles. The summed E-state index contributed by atoms with van der Waals surface area (Å²) in [6, 6.07) is 0. The van der Waals surface area contributed by atoms with Gasteiger partial charge >= 0.3 is 12.1 Å². The quantitative estimate of drug-likeness (QED) is 0.850. The molecule has 0 amide bonds. The largest absolute Gasteiger partial charge is 0.481 e. The van der Waals surface area contributed by atoms with Gasteiger partial charge < -0.3 is 5.11 Å². The van der Waals surface area contributed by atoms with Crippen LogP contribution in [0.5, 0.6) is 0 Å². The number of carbonyl (C=O) groups is 1. The van der Waals surface area contributed by atoms with E-state index in [-0.39, 0.29) is 16.3 Å². The van der Waals surface area contributed by atoms with Crippen molar-refractivity contribution < 1.29 is 31.5 Å². The highest BCUT2D eigenvalue weighted by Gasteiger charge is 2.55. The molecular weight excluding hydrogens is 327 g/mol. The van der Waals surface area contributed by atoms with Crippen LogP contribution in [0.25, 0.3) is 0 Å². The molecule has 7 nitrogen and oxygen atoms in total. The first-order chi connectivity index (χ1) is 9.96. The summed E-state index contributed by atoms with van der Waals surface area (Å²) in [7, 11) is -4.24. The molecule has 0 spiro atoms. The molecule has 1 fully saturated rings. The van der Waals surface area contributed by atoms with Gasteiger partial charge in [-0.15, -0.1) is 0 Å². The average molecular weight is 341 g/mol. The molecule has 2 heterocycles. The second-order valence-electron chi connectivity index (χ2n) is 5.18. The summed E-state index contributed by atoms with van der Waals surface area (Å²) in [5.74, 6) is -5.71. The summed E-state index contributed by atoms with van der Waals surface area (Å²) in [6.07, 6.45) is -4.78. The van der Waals surface area contributed by atoms with E-state index in [2.05, 4.69) is 10.2 Å². The molecule has 22 heavy (non-hydrogen) atoms. The van der Waals surface area contributed by atoms with Gasteiger partial charge in [0.05, 0.1) is 23.2 Å². The number of H-pyrrole nitrogens is 1. The lowest BCUT2D eigenvalue weighted by molar-refractivity contribution is -0.187. The van der Waals surface area contributed by atoms with Crippen LogP contribution < -0.4 is 0 Å². The molecular formula is C11H14F3N3O4S. The number of carboxylic acid groups (broad SMARTS) is 1. The summed E-state index contributed by atoms with van der Waals surface area (Å²) in [5, 5.41) is 15.1. The van der Waals surface area contributed by atoms with Crippen LogP contribution in [-0.2, 0) is 14.8 Å². The number of aliphatic carboxylic acids is 1. The SMILES string of the molecule is Cc1n[nH]c(C)c1S(=O)(=O)N1C[C@@H](C(F)(F)F)[C@H](C(=O)O)C1. The third-order valence-electron chi connectivity index (χ3n) is 3.68. The van der Waals surface area contributed by atoms with Gasteiger partial charge in [-0.25, -0.2) is 8.42 Å². The third-order valence-corrected chi connectivity index (χ3v) is 5.78. The maximum absolute atomic E-state index is 12.9. The molecule has 0 aromatic carbocycles. The van der Waals surface area contributed by atoms with Crippen molar-refractivity contribution in [2.75, 3.05) is 13.1 Å². The average Bonchev–Trinajstić information content (AvgIpc) is 2.93. The third kappa shape index (κ3) is 2.70. The van der Waals surface area contributed by atoms with Crippen molar-refractivity contribution in [1.29, 1.82) is 0 Å². The van der Waals surface area contributed by atoms with Gasteiger partial charge in [-0.2, -0.15) is 22.6 Å². The van der Waals surface area contributed by atoms with Crippen molar-refractivity contribution in [3.05, 3.63) is 11.4 Å². The number of alkyl halides is 3. The number of nitrogens with one attached hydrogen (secondary N) is 1. The van der Waals surface area contributed by atoms with E-state index in [1.165, 1.54) is 13.8 Å². The molecule has 11 heteroatoms. The monoisotopic (exact) mass is 341 g/mol. The fourth-order valence-electron chi connectivity index (χ4n) is 2.60. The van der Waals surface area contributed by atoms with Crippen molar-refractivity contribution in [3.8, 4) is 0 Å². The second kappa shape index (κ2) is 5.23. The van der Waals surface area contributed by atoms with Gasteiger partial charge in [0, 0.05) is 13.1 Å². The Morgan fingerprint density at radius 3 is 2.32 bits per heavy atom. The summed E-state index contributed by atoms with van der Waals surface area (Å²) in [5.41, 5.74) is 0.319. The predicted octanol–water partition coefficient (Wildman–Crippen LogP) is 0.910. The zero-order chi connectivity index (χ0) is 16.9. The smallest absolute Gasteiger partial charge is 0.393 e. The molecule has 124 valence electrons. The Morgan fingerprint density at radius 2 is 1.95 bits per heavy atom. The Kier molecular flexibility index (Phi) is 3.98. The molecule has 0 radical (unpaired) electrons. The van der Waals surface area contributed by atoms with E-state index < -0.39 is 47.1 Å². The van der Waals surface area contributed by atoms with Crippen molar-refractivity contribution in [1.82, 2.24) is 14.5 Å². The van der Waals surface area contributed by atoms with Crippen LogP contribution in [0.15, 0.2) is 4.90 Å². The van der Waals surface area contributed by atoms with Gasteiger partial charge in [0.25, 0.3) is 0 Å². The van der Waals surface area contributed by atoms with E-state index >= 15 is 0 Å². The molecule has 2 rings (SSSR count). The van der Waals surface area contributed by atoms with Crippen LogP contribution in [0.2, 0.25) is 0 Å². The van der Waals surface area contributed by atoms with Gasteiger partial charge in [0.15, 0.2) is 0 Å². The lowest BCUT2D eigenvalue weighted by Crippen LogP contribution is -2.34. The maximum Gasteiger partial charge on any atom is 0.393 e. The fourth-order valence-corrected chi connectivity index (χ4v) is 4.42. The molecule has 1 aromatic rings. The first kappa shape index (κ1) is 16.7. The van der Waals surface area contributed by atoms with Crippen LogP contribution in [0.3, 0.4) is 0 Å². The number of aromatic amines is 1. The maximum atomic E-state index is 12.9. The first-order valence-corrected chi connectivity index (χ1v) is 7.71. The van der Waals surface area contributed by atoms with Crippen LogP contribution in [0, 0.1) is 25.7 Å². The first-order valence-electron chi connectivity index (χ1n) is 6.27. The summed E-state index contributed by atoms with van der Waals surface area (Å²) >= 11 is 0. The molecule has 1 saturated heterocycles. The van der Waals surface area contributed by atoms with Crippen LogP contribution in [0.1, 0.15) is 11.4 Å². The number of aryl methyl sites for hydroxylation is 2. The van der Waals surface area contributed by atoms with Gasteiger partial charge in [-0.05, 0) is 13.8 Å². The van der Waals surface area contributed by atoms with Gasteiger partial charge in [-0.1, -0.05) is 0 Å². The standard InChI is InChI=1S/C11H14F3N3O4S/c1-5-9(6(2)16-15-5)22(20,21)17-3-7(10(18)19)8(4-17)11(12,13)14/h7-8H,3-4H2,1-2H3,(H,15,16)(H,18,19)/t7-,8-/m1/s1. The number of hydrogen-bond acceptors (Lipinski definition) is 4. The number of nitrogens with zero attached hydrogens (tertiary/aromatic N) is 2. The van der Waals surface area contributed by atoms with Gasteiger partial charge in [-0.3, -0.25) is 9.89 Å². The minimum absolute atomic E-state index is 0.125. The molecule has 1 aliphatic rings. The Hall–Kier alpha value is -1.62. The van der Waals surface area contributed by atoms with Gasteiger partial charge in [0.1, 0.15) is 4.90 Å². The Balaban J connectivity index is 2.41. The molecule has 2 atom stereocenters. The molecule has 0 unspecified atom stereocenters. The van der Waals surface area contributed by atoms with E-state index in [0.717, 1.165) is 0 Å². The molecule has 0 aliphatic carbocycles. The van der Waals surface area contributed by atoms with Crippen molar-refractivity contribution >= 4 is 16.0 Å². The number of hydrogen-bond donors (Lipinski definition) is 2. The highest BCUT2D eigenvalue weighted by molar-refractivity contribution is 7.89. The lowest BCUT2D eigenvalue weighted by Gasteiger charge is -2.18. The summed E-state index contributed by atoms with van der Waals surface area (Å²) < 4.78 is 64.3. The highest BCUT2D eigenvalue weighted by Crippen LogP contribution is 2.40. The predicted molar refractivity (Wildman–Crippen MR) is 67.5 cm³/mol. The Bertz CT molecular complexity index is 678. The summed E-state index contributed by atoms with van der Waals surface area (Å²) in [4.78, 5) is 10.8. The zero-order valence-corrected chi connectivity index (χ0v) is 12.5. The zero-order valence-electron chi connectivity index (χ0n) is 11.7. The topological polar surface area (TPSA) is 103 Å². The van der Waals surface area contributed by atoms with Crippen molar-refractivity contribution in [2.24, 2.45) is 11.8 Å². The Labute approximate surface area is 124 Å². The number of aromatic nitrogens is 2. The van der Waals surface area contributed by atoms with E-state index in [0.29, 0.717) is 4.31 Å². The molecule has 1 aliphatic heterocycles. The molecule has 1 aromatic heterocycles. The number of carboxylic acids is 1. The Morgan fingerprint density at radius 1 is 1.36 bits per heavy atom. The number of halogens is 3. The van der Waals surface area contributed by atoms with Crippen LogP contribution >= 0.6 is 0 Å². The van der Waals surface area contributed by atoms with Crippen LogP contribution in [0.4, 0.5) is 13.2 Å². The normalized spacial score (nSPS) is 23.9. The number of sulfonamides is 1. The van der Waals surface area contributed by atoms with E-state index in [9.17, 15) is 26.4 Å². The fraction of sp³-hybridized carbons (Fsp3) is 0.636.